The molecule has 9 rings (SSSR count). The molecule has 2 fully saturated rings. The number of ether oxygens (including phenoxy) is 2. The number of carbonyl (C=O) groups excluding carboxylic acids is 1. The smallest absolute Gasteiger partial charge is 0.274 e. The summed E-state index contributed by atoms with van der Waals surface area (Å²) in [5, 5.41) is 13.8. The Morgan fingerprint density at radius 2 is 1.78 bits per heavy atom. The Kier molecular flexibility index (Phi) is 12.5. The third-order valence-electron chi connectivity index (χ3n) is 13.3. The normalized spacial score (nSPS) is 19.5. The Hall–Kier alpha value is -5.32. The van der Waals surface area contributed by atoms with Crippen LogP contribution in [0.2, 0.25) is 5.02 Å². The number of piperazine rings is 1. The summed E-state index contributed by atoms with van der Waals surface area (Å²) >= 11 is 6.25. The van der Waals surface area contributed by atoms with Gasteiger partial charge in [-0.25, -0.2) is 18.1 Å². The molecule has 16 heteroatoms. The SMILES string of the molecule is CC1(C)CCC(CN2CCN(c3ccc(C(=O)NS(=O)(=O)c4cc5c(c([N+](=O)[O-])c4)C[C@@H](CCN4CCOCC4)C5)c(Oc4cnc5[nH]ccc5c4)c3)CC2)=C(c2ccc(Cl)cc2)C1. The number of rotatable bonds is 13. The number of aromatic nitrogens is 2. The van der Waals surface area contributed by atoms with Gasteiger partial charge in [0.15, 0.2) is 0 Å². The summed E-state index contributed by atoms with van der Waals surface area (Å²) in [6.45, 7) is 12.6. The maximum Gasteiger partial charge on any atom is 0.274 e. The summed E-state index contributed by atoms with van der Waals surface area (Å²) in [6.07, 6.45) is 8.36. The van der Waals surface area contributed by atoms with Crippen LogP contribution in [0.3, 0.4) is 0 Å². The number of nitrogens with one attached hydrogen (secondary N) is 2. The van der Waals surface area contributed by atoms with Crippen molar-refractivity contribution in [1.82, 2.24) is 24.5 Å². The Morgan fingerprint density at radius 1 is 1.00 bits per heavy atom. The fourth-order valence-corrected chi connectivity index (χ4v) is 10.9. The van der Waals surface area contributed by atoms with Gasteiger partial charge < -0.3 is 19.4 Å². The van der Waals surface area contributed by atoms with E-state index in [9.17, 15) is 23.3 Å². The van der Waals surface area contributed by atoms with Gasteiger partial charge in [0, 0.05) is 85.8 Å². The van der Waals surface area contributed by atoms with Crippen LogP contribution < -0.4 is 14.4 Å². The predicted octanol–water partition coefficient (Wildman–Crippen LogP) is 8.26. The van der Waals surface area contributed by atoms with Gasteiger partial charge in [-0.15, -0.1) is 0 Å². The van der Waals surface area contributed by atoms with Gasteiger partial charge in [-0.05, 0) is 116 Å². The number of benzene rings is 3. The molecule has 4 heterocycles. The van der Waals surface area contributed by atoms with E-state index in [1.165, 1.54) is 22.8 Å². The molecule has 3 aromatic carbocycles. The zero-order valence-corrected chi connectivity index (χ0v) is 37.8. The molecule has 2 N–H and O–H groups in total. The highest BCUT2D eigenvalue weighted by Crippen LogP contribution is 2.44. The summed E-state index contributed by atoms with van der Waals surface area (Å²) in [5.41, 5.74) is 6.76. The fourth-order valence-electron chi connectivity index (χ4n) is 9.70. The number of morpholine rings is 1. The molecule has 0 spiro atoms. The van der Waals surface area contributed by atoms with E-state index in [4.69, 9.17) is 21.1 Å². The molecule has 5 aromatic rings. The number of amides is 1. The summed E-state index contributed by atoms with van der Waals surface area (Å²) in [4.78, 5) is 40.1. The van der Waals surface area contributed by atoms with E-state index in [-0.39, 0.29) is 33.2 Å². The predicted molar refractivity (Wildman–Crippen MR) is 248 cm³/mol. The molecule has 4 aliphatic rings. The number of H-pyrrole nitrogens is 1. The van der Waals surface area contributed by atoms with Gasteiger partial charge in [0.1, 0.15) is 17.1 Å². The lowest BCUT2D eigenvalue weighted by Gasteiger charge is -2.39. The van der Waals surface area contributed by atoms with Crippen LogP contribution in [0.25, 0.3) is 16.6 Å². The van der Waals surface area contributed by atoms with Crippen LogP contribution in [-0.2, 0) is 27.6 Å². The van der Waals surface area contributed by atoms with Gasteiger partial charge >= 0.3 is 0 Å². The highest BCUT2D eigenvalue weighted by molar-refractivity contribution is 7.90. The Morgan fingerprint density at radius 3 is 2.55 bits per heavy atom. The van der Waals surface area contributed by atoms with Crippen LogP contribution in [-0.4, -0.2) is 105 Å². The number of allylic oxidation sites excluding steroid dienone is 1. The Labute approximate surface area is 378 Å². The second-order valence-corrected chi connectivity index (χ2v) is 20.5. The molecule has 2 aliphatic heterocycles. The lowest BCUT2D eigenvalue weighted by Crippen LogP contribution is -2.47. The minimum atomic E-state index is -4.55. The molecular weight excluding hydrogens is 854 g/mol. The molecule has 1 amide bonds. The van der Waals surface area contributed by atoms with Gasteiger partial charge in [-0.1, -0.05) is 43.2 Å². The van der Waals surface area contributed by atoms with Crippen molar-refractivity contribution in [2.45, 2.75) is 57.3 Å². The third kappa shape index (κ3) is 9.83. The maximum atomic E-state index is 14.1. The van der Waals surface area contributed by atoms with E-state index >= 15 is 0 Å². The van der Waals surface area contributed by atoms with Crippen molar-refractivity contribution in [1.29, 1.82) is 0 Å². The largest absolute Gasteiger partial charge is 0.455 e. The number of sulfonamides is 1. The van der Waals surface area contributed by atoms with Crippen molar-refractivity contribution in [3.63, 3.8) is 0 Å². The van der Waals surface area contributed by atoms with Crippen molar-refractivity contribution in [2.24, 2.45) is 11.3 Å². The van der Waals surface area contributed by atoms with Gasteiger partial charge in [0.25, 0.3) is 21.6 Å². The molecule has 1 atom stereocenters. The fraction of sp³-hybridized carbons (Fsp3) is 0.417. The molecule has 64 heavy (non-hydrogen) atoms. The minimum Gasteiger partial charge on any atom is -0.455 e. The third-order valence-corrected chi connectivity index (χ3v) is 14.9. The molecule has 2 aromatic heterocycles. The van der Waals surface area contributed by atoms with E-state index in [2.05, 4.69) is 55.4 Å². The van der Waals surface area contributed by atoms with Crippen LogP contribution in [0.15, 0.2) is 89.6 Å². The second-order valence-electron chi connectivity index (χ2n) is 18.4. The first-order valence-corrected chi connectivity index (χ1v) is 24.0. The quantitative estimate of drug-likeness (QED) is 0.0864. The second kappa shape index (κ2) is 18.3. The first-order chi connectivity index (χ1) is 30.8. The van der Waals surface area contributed by atoms with E-state index in [0.717, 1.165) is 100 Å². The van der Waals surface area contributed by atoms with E-state index < -0.39 is 20.9 Å². The number of anilines is 1. The van der Waals surface area contributed by atoms with Gasteiger partial charge in [-0.3, -0.25) is 24.7 Å². The zero-order chi connectivity index (χ0) is 44.6. The molecule has 0 unspecified atom stereocenters. The first-order valence-electron chi connectivity index (χ1n) is 22.1. The number of halogens is 1. The maximum absolute atomic E-state index is 14.1. The number of nitro groups is 1. The van der Waals surface area contributed by atoms with Crippen LogP contribution in [0.4, 0.5) is 11.4 Å². The van der Waals surface area contributed by atoms with Gasteiger partial charge in [0.2, 0.25) is 0 Å². The number of hydrogen-bond acceptors (Lipinski definition) is 11. The van der Waals surface area contributed by atoms with Crippen molar-refractivity contribution >= 4 is 55.5 Å². The van der Waals surface area contributed by atoms with Crippen LogP contribution >= 0.6 is 11.6 Å². The van der Waals surface area contributed by atoms with Crippen molar-refractivity contribution in [3.8, 4) is 11.5 Å². The highest BCUT2D eigenvalue weighted by atomic mass is 35.5. The van der Waals surface area contributed by atoms with E-state index in [1.54, 1.807) is 36.7 Å². The molecule has 2 aliphatic carbocycles. The standard InChI is InChI=1S/C48H54ClN7O7S/c1-48(2)12-9-35(43(29-48)33-3-5-37(49)6-4-33)31-54-15-17-55(18-16-54)38-7-8-41(45(27-38)63-39-25-34-10-13-50-46(34)51-30-39)47(57)52-64(60,61)40-26-36-23-32(11-14-53-19-21-62-22-20-53)24-42(36)44(28-40)56(58)59/h3-8,10,13,25-28,30,32H,9,11-12,14-24,29,31H2,1-2H3,(H,50,51)(H,52,57)/t32-/m0/s1. The van der Waals surface area contributed by atoms with Crippen LogP contribution in [0.1, 0.15) is 66.6 Å². The van der Waals surface area contributed by atoms with Gasteiger partial charge in [0.05, 0.1) is 34.8 Å². The van der Waals surface area contributed by atoms with Crippen molar-refractivity contribution < 1.29 is 27.6 Å². The average Bonchev–Trinajstić information content (AvgIpc) is 3.93. The monoisotopic (exact) mass is 907 g/mol. The lowest BCUT2D eigenvalue weighted by atomic mass is 9.72. The topological polar surface area (TPSA) is 163 Å². The Bertz CT molecular complexity index is 2710. The number of aromatic amines is 1. The molecule has 14 nitrogen and oxygen atoms in total. The lowest BCUT2D eigenvalue weighted by molar-refractivity contribution is -0.385. The van der Waals surface area contributed by atoms with E-state index in [1.807, 2.05) is 18.2 Å². The van der Waals surface area contributed by atoms with E-state index in [0.29, 0.717) is 48.6 Å². The molecule has 336 valence electrons. The van der Waals surface area contributed by atoms with Crippen molar-refractivity contribution in [2.75, 3.05) is 70.5 Å². The summed E-state index contributed by atoms with van der Waals surface area (Å²) in [7, 11) is -4.55. The molecular formula is C48H54ClN7O7S. The molecule has 0 saturated carbocycles. The van der Waals surface area contributed by atoms with Crippen molar-refractivity contribution in [3.05, 3.63) is 122 Å². The number of nitro benzene ring substituents is 1. The number of carbonyl (C=O) groups is 1. The number of pyridine rings is 1. The van der Waals surface area contributed by atoms with Gasteiger partial charge in [-0.2, -0.15) is 0 Å². The summed E-state index contributed by atoms with van der Waals surface area (Å²) < 4.78 is 42.0. The summed E-state index contributed by atoms with van der Waals surface area (Å²) in [6, 6.07) is 19.5. The first kappa shape index (κ1) is 43.9. The Balaban J connectivity index is 0.931. The molecule has 0 bridgehead atoms. The van der Waals surface area contributed by atoms with Crippen LogP contribution in [0, 0.1) is 21.4 Å². The van der Waals surface area contributed by atoms with Crippen LogP contribution in [0.5, 0.6) is 11.5 Å². The zero-order valence-electron chi connectivity index (χ0n) is 36.3. The highest BCUT2D eigenvalue weighted by Gasteiger charge is 2.34. The minimum absolute atomic E-state index is 0.0131. The summed E-state index contributed by atoms with van der Waals surface area (Å²) in [5.74, 6) is -0.270. The number of fused-ring (bicyclic) bond motifs is 2. The number of hydrogen-bond donors (Lipinski definition) is 2. The molecule has 0 radical (unpaired) electrons. The number of nitrogens with zero attached hydrogens (tertiary/aromatic N) is 5. The average molecular weight is 909 g/mol. The molecule has 2 saturated heterocycles.